The Hall–Kier alpha value is -1.49. The second kappa shape index (κ2) is 4.57. The maximum absolute atomic E-state index is 11.2. The van der Waals surface area contributed by atoms with E-state index in [1.54, 1.807) is 6.20 Å². The second-order valence-corrected chi connectivity index (χ2v) is 4.08. The lowest BCUT2D eigenvalue weighted by molar-refractivity contribution is 0.100. The molecule has 0 amide bonds. The van der Waals surface area contributed by atoms with Gasteiger partial charge in [-0.3, -0.25) is 4.79 Å². The van der Waals surface area contributed by atoms with E-state index in [0.717, 1.165) is 32.0 Å². The van der Waals surface area contributed by atoms with Crippen LogP contribution in [-0.4, -0.2) is 53.9 Å². The van der Waals surface area contributed by atoms with Gasteiger partial charge in [0.05, 0.1) is 0 Å². The van der Waals surface area contributed by atoms with Gasteiger partial charge in [-0.05, 0) is 13.1 Å². The number of Topliss-reactive ketones (excluding diaryl/α,β-unsaturated/α-hetero) is 1. The van der Waals surface area contributed by atoms with E-state index < -0.39 is 0 Å². The molecule has 2 rings (SSSR count). The van der Waals surface area contributed by atoms with Crippen LogP contribution < -0.4 is 4.90 Å². The van der Waals surface area contributed by atoms with E-state index in [1.807, 2.05) is 6.07 Å². The lowest BCUT2D eigenvalue weighted by Gasteiger charge is -2.33. The van der Waals surface area contributed by atoms with E-state index in [2.05, 4.69) is 26.8 Å². The molecule has 0 spiro atoms. The smallest absolute Gasteiger partial charge is 0.197 e. The Morgan fingerprint density at radius 1 is 1.31 bits per heavy atom. The number of carbonyl (C=O) groups is 1. The predicted octanol–water partition coefficient (Wildman–Crippen LogP) is 0.431. The third-order valence-corrected chi connectivity index (χ3v) is 2.78. The van der Waals surface area contributed by atoms with Gasteiger partial charge in [-0.15, -0.1) is 0 Å². The molecule has 1 aromatic rings. The van der Waals surface area contributed by atoms with E-state index in [-0.39, 0.29) is 5.78 Å². The van der Waals surface area contributed by atoms with Crippen LogP contribution in [0.2, 0.25) is 0 Å². The van der Waals surface area contributed by atoms with Gasteiger partial charge in [0.1, 0.15) is 5.82 Å². The molecule has 1 fully saturated rings. The van der Waals surface area contributed by atoms with Crippen molar-refractivity contribution in [2.75, 3.05) is 38.1 Å². The maximum atomic E-state index is 11.2. The molecular formula is C11H16N4O. The largest absolute Gasteiger partial charge is 0.354 e. The van der Waals surface area contributed by atoms with Crippen LogP contribution in [0.25, 0.3) is 0 Å². The van der Waals surface area contributed by atoms with Gasteiger partial charge >= 0.3 is 0 Å². The van der Waals surface area contributed by atoms with Gasteiger partial charge in [0.15, 0.2) is 11.6 Å². The van der Waals surface area contributed by atoms with E-state index in [1.165, 1.54) is 6.92 Å². The highest BCUT2D eigenvalue weighted by Crippen LogP contribution is 2.12. The van der Waals surface area contributed by atoms with Gasteiger partial charge in [0.2, 0.25) is 0 Å². The highest BCUT2D eigenvalue weighted by molar-refractivity contribution is 5.90. The molecule has 1 aromatic heterocycles. The van der Waals surface area contributed by atoms with Crippen molar-refractivity contribution >= 4 is 11.6 Å². The summed E-state index contributed by atoms with van der Waals surface area (Å²) >= 11 is 0. The van der Waals surface area contributed by atoms with Crippen LogP contribution in [0.15, 0.2) is 12.3 Å². The van der Waals surface area contributed by atoms with Gasteiger partial charge in [0, 0.05) is 39.3 Å². The predicted molar refractivity (Wildman–Crippen MR) is 61.7 cm³/mol. The van der Waals surface area contributed by atoms with Crippen molar-refractivity contribution in [3.05, 3.63) is 18.1 Å². The van der Waals surface area contributed by atoms with E-state index in [9.17, 15) is 4.79 Å². The number of aromatic nitrogens is 2. The van der Waals surface area contributed by atoms with Crippen molar-refractivity contribution in [1.82, 2.24) is 14.9 Å². The van der Waals surface area contributed by atoms with E-state index in [0.29, 0.717) is 5.82 Å². The summed E-state index contributed by atoms with van der Waals surface area (Å²) in [6.45, 7) is 5.44. The standard InChI is InChI=1S/C11H16N4O/c1-9(16)11-12-4-3-10(13-11)15-7-5-14(2)6-8-15/h3-4H,5-8H2,1-2H3. The molecular weight excluding hydrogens is 204 g/mol. The zero-order valence-corrected chi connectivity index (χ0v) is 9.68. The lowest BCUT2D eigenvalue weighted by Crippen LogP contribution is -2.44. The molecule has 0 bridgehead atoms. The second-order valence-electron chi connectivity index (χ2n) is 4.08. The summed E-state index contributed by atoms with van der Waals surface area (Å²) in [6.07, 6.45) is 1.65. The SMILES string of the molecule is CC(=O)c1nccc(N2CCN(C)CC2)n1. The number of carbonyl (C=O) groups excluding carboxylic acids is 1. The molecule has 0 unspecified atom stereocenters. The van der Waals surface area contributed by atoms with Crippen LogP contribution in [-0.2, 0) is 0 Å². The molecule has 2 heterocycles. The van der Waals surface area contributed by atoms with Crippen LogP contribution in [0.3, 0.4) is 0 Å². The first-order valence-electron chi connectivity index (χ1n) is 5.44. The normalized spacial score (nSPS) is 17.5. The Balaban J connectivity index is 2.14. The first kappa shape index (κ1) is 11.0. The summed E-state index contributed by atoms with van der Waals surface area (Å²) in [6, 6.07) is 1.86. The molecule has 1 saturated heterocycles. The van der Waals surface area contributed by atoms with Crippen molar-refractivity contribution < 1.29 is 4.79 Å². The number of rotatable bonds is 2. The summed E-state index contributed by atoms with van der Waals surface area (Å²) in [4.78, 5) is 23.9. The fourth-order valence-corrected chi connectivity index (χ4v) is 1.73. The average Bonchev–Trinajstić information content (AvgIpc) is 2.30. The van der Waals surface area contributed by atoms with Gasteiger partial charge in [-0.2, -0.15) is 0 Å². The van der Waals surface area contributed by atoms with Gasteiger partial charge < -0.3 is 9.80 Å². The first-order chi connectivity index (χ1) is 7.66. The number of anilines is 1. The Bertz CT molecular complexity index is 385. The van der Waals surface area contributed by atoms with Crippen molar-refractivity contribution in [1.29, 1.82) is 0 Å². The van der Waals surface area contributed by atoms with Crippen molar-refractivity contribution in [2.24, 2.45) is 0 Å². The average molecular weight is 220 g/mol. The minimum absolute atomic E-state index is 0.0871. The van der Waals surface area contributed by atoms with Crippen molar-refractivity contribution in [3.8, 4) is 0 Å². The number of likely N-dealkylation sites (N-methyl/N-ethyl adjacent to an activating group) is 1. The minimum Gasteiger partial charge on any atom is -0.354 e. The number of nitrogens with zero attached hydrogens (tertiary/aromatic N) is 4. The summed E-state index contributed by atoms with van der Waals surface area (Å²) in [5.74, 6) is 1.07. The highest BCUT2D eigenvalue weighted by atomic mass is 16.1. The summed E-state index contributed by atoms with van der Waals surface area (Å²) < 4.78 is 0. The van der Waals surface area contributed by atoms with Crippen LogP contribution >= 0.6 is 0 Å². The topological polar surface area (TPSA) is 49.3 Å². The van der Waals surface area contributed by atoms with Crippen molar-refractivity contribution in [2.45, 2.75) is 6.92 Å². The lowest BCUT2D eigenvalue weighted by atomic mass is 10.3. The minimum atomic E-state index is -0.0871. The van der Waals surface area contributed by atoms with Gasteiger partial charge in [-0.25, -0.2) is 9.97 Å². The number of hydrogen-bond donors (Lipinski definition) is 0. The molecule has 1 aliphatic heterocycles. The van der Waals surface area contributed by atoms with Gasteiger partial charge in [-0.1, -0.05) is 0 Å². The molecule has 0 radical (unpaired) electrons. The van der Waals surface area contributed by atoms with Crippen LogP contribution in [0, 0.1) is 0 Å². The number of ketones is 1. The number of hydrogen-bond acceptors (Lipinski definition) is 5. The monoisotopic (exact) mass is 220 g/mol. The Morgan fingerprint density at radius 2 is 2.00 bits per heavy atom. The van der Waals surface area contributed by atoms with Crippen molar-refractivity contribution in [3.63, 3.8) is 0 Å². The molecule has 16 heavy (non-hydrogen) atoms. The molecule has 0 aromatic carbocycles. The quantitative estimate of drug-likeness (QED) is 0.676. The fraction of sp³-hybridized carbons (Fsp3) is 0.545. The zero-order chi connectivity index (χ0) is 11.5. The molecule has 1 aliphatic rings. The molecule has 86 valence electrons. The van der Waals surface area contributed by atoms with Gasteiger partial charge in [0.25, 0.3) is 0 Å². The zero-order valence-electron chi connectivity index (χ0n) is 9.68. The fourth-order valence-electron chi connectivity index (χ4n) is 1.73. The Kier molecular flexibility index (Phi) is 3.14. The molecule has 0 saturated carbocycles. The Morgan fingerprint density at radius 3 is 2.62 bits per heavy atom. The van der Waals surface area contributed by atoms with E-state index in [4.69, 9.17) is 0 Å². The molecule has 5 heteroatoms. The van der Waals surface area contributed by atoms with Crippen LogP contribution in [0.4, 0.5) is 5.82 Å². The number of piperazine rings is 1. The van der Waals surface area contributed by atoms with Crippen LogP contribution in [0.1, 0.15) is 17.5 Å². The molecule has 0 atom stereocenters. The molecule has 0 aliphatic carbocycles. The maximum Gasteiger partial charge on any atom is 0.197 e. The summed E-state index contributed by atoms with van der Waals surface area (Å²) in [5.41, 5.74) is 0. The third-order valence-electron chi connectivity index (χ3n) is 2.78. The summed E-state index contributed by atoms with van der Waals surface area (Å²) in [5, 5.41) is 0. The Labute approximate surface area is 95.1 Å². The first-order valence-corrected chi connectivity index (χ1v) is 5.44. The highest BCUT2D eigenvalue weighted by Gasteiger charge is 2.16. The van der Waals surface area contributed by atoms with Crippen LogP contribution in [0.5, 0.6) is 0 Å². The molecule has 0 N–H and O–H groups in total. The summed E-state index contributed by atoms with van der Waals surface area (Å²) in [7, 11) is 2.11. The van der Waals surface area contributed by atoms with E-state index >= 15 is 0 Å². The molecule has 5 nitrogen and oxygen atoms in total. The third kappa shape index (κ3) is 2.36.